The molecule has 2 aromatic rings. The van der Waals surface area contributed by atoms with Gasteiger partial charge < -0.3 is 9.84 Å². The Kier molecular flexibility index (Phi) is 4.53. The number of halogens is 2. The predicted octanol–water partition coefficient (Wildman–Crippen LogP) is 2.82. The molecule has 0 unspecified atom stereocenters. The highest BCUT2D eigenvalue weighted by molar-refractivity contribution is 9.10. The first-order valence-electron chi connectivity index (χ1n) is 5.15. The normalized spacial score (nSPS) is 10.7. The van der Waals surface area contributed by atoms with Crippen LogP contribution in [0, 0.1) is 0 Å². The standard InChI is InChI=1S/C11H11BrClN3O/c12-9-1-2-10(13)8(5-9)6-14-4-3-11-15-7-17-16-11/h1-2,5,7,14H,3-4,6H2. The molecule has 6 heteroatoms. The maximum absolute atomic E-state index is 6.07. The van der Waals surface area contributed by atoms with Crippen molar-refractivity contribution in [1.29, 1.82) is 0 Å². The molecule has 2 rings (SSSR count). The second-order valence-corrected chi connectivity index (χ2v) is 4.83. The Bertz CT molecular complexity index is 476. The summed E-state index contributed by atoms with van der Waals surface area (Å²) in [5.41, 5.74) is 1.06. The Morgan fingerprint density at radius 1 is 1.41 bits per heavy atom. The minimum absolute atomic E-state index is 0.706. The molecule has 0 amide bonds. The van der Waals surface area contributed by atoms with Gasteiger partial charge in [0.05, 0.1) is 0 Å². The van der Waals surface area contributed by atoms with E-state index in [9.17, 15) is 0 Å². The van der Waals surface area contributed by atoms with Gasteiger partial charge in [-0.3, -0.25) is 0 Å². The van der Waals surface area contributed by atoms with Crippen LogP contribution < -0.4 is 5.32 Å². The molecule has 0 radical (unpaired) electrons. The van der Waals surface area contributed by atoms with Crippen molar-refractivity contribution in [2.75, 3.05) is 6.54 Å². The van der Waals surface area contributed by atoms with Crippen molar-refractivity contribution in [1.82, 2.24) is 15.5 Å². The van der Waals surface area contributed by atoms with Crippen LogP contribution in [0.3, 0.4) is 0 Å². The molecule has 1 N–H and O–H groups in total. The van der Waals surface area contributed by atoms with Crippen molar-refractivity contribution < 1.29 is 4.52 Å². The summed E-state index contributed by atoms with van der Waals surface area (Å²) in [6.45, 7) is 1.50. The van der Waals surface area contributed by atoms with Crippen LogP contribution >= 0.6 is 27.5 Å². The monoisotopic (exact) mass is 315 g/mol. The van der Waals surface area contributed by atoms with E-state index in [4.69, 9.17) is 11.6 Å². The van der Waals surface area contributed by atoms with Gasteiger partial charge in [-0.15, -0.1) is 0 Å². The third-order valence-electron chi connectivity index (χ3n) is 2.26. The zero-order valence-corrected chi connectivity index (χ0v) is 11.3. The summed E-state index contributed by atoms with van der Waals surface area (Å²) in [4.78, 5) is 3.94. The van der Waals surface area contributed by atoms with Crippen molar-refractivity contribution in [3.8, 4) is 0 Å². The SMILES string of the molecule is Clc1ccc(Br)cc1CNCCc1ncon1. The first kappa shape index (κ1) is 12.5. The summed E-state index contributed by atoms with van der Waals surface area (Å²) < 4.78 is 5.67. The van der Waals surface area contributed by atoms with E-state index in [0.29, 0.717) is 5.82 Å². The summed E-state index contributed by atoms with van der Waals surface area (Å²) in [6.07, 6.45) is 2.07. The zero-order chi connectivity index (χ0) is 12.1. The van der Waals surface area contributed by atoms with Gasteiger partial charge in [0.2, 0.25) is 6.39 Å². The number of hydrogen-bond donors (Lipinski definition) is 1. The van der Waals surface area contributed by atoms with Gasteiger partial charge in [0.1, 0.15) is 0 Å². The number of rotatable bonds is 5. The summed E-state index contributed by atoms with van der Waals surface area (Å²) in [7, 11) is 0. The molecule has 0 bridgehead atoms. The lowest BCUT2D eigenvalue weighted by Crippen LogP contribution is -2.17. The number of nitrogens with zero attached hydrogens (tertiary/aromatic N) is 2. The molecule has 0 saturated carbocycles. The van der Waals surface area contributed by atoms with E-state index in [1.165, 1.54) is 6.39 Å². The molecular formula is C11H11BrClN3O. The second-order valence-electron chi connectivity index (χ2n) is 3.51. The average molecular weight is 317 g/mol. The van der Waals surface area contributed by atoms with Crippen LogP contribution in [0.25, 0.3) is 0 Å². The summed E-state index contributed by atoms with van der Waals surface area (Å²) >= 11 is 9.49. The Balaban J connectivity index is 1.80. The van der Waals surface area contributed by atoms with E-state index in [2.05, 4.69) is 35.9 Å². The van der Waals surface area contributed by atoms with Crippen molar-refractivity contribution in [3.05, 3.63) is 45.5 Å². The maximum atomic E-state index is 6.07. The first-order chi connectivity index (χ1) is 8.25. The van der Waals surface area contributed by atoms with Crippen LogP contribution in [-0.4, -0.2) is 16.7 Å². The molecule has 0 saturated heterocycles. The minimum atomic E-state index is 0.706. The van der Waals surface area contributed by atoms with E-state index >= 15 is 0 Å². The Morgan fingerprint density at radius 2 is 2.29 bits per heavy atom. The highest BCUT2D eigenvalue weighted by Crippen LogP contribution is 2.20. The molecule has 1 aromatic heterocycles. The number of nitrogens with one attached hydrogen (secondary N) is 1. The molecule has 0 spiro atoms. The average Bonchev–Trinajstić information content (AvgIpc) is 2.82. The molecule has 4 nitrogen and oxygen atoms in total. The van der Waals surface area contributed by atoms with E-state index < -0.39 is 0 Å². The summed E-state index contributed by atoms with van der Waals surface area (Å²) in [6, 6.07) is 5.80. The molecule has 17 heavy (non-hydrogen) atoms. The third-order valence-corrected chi connectivity index (χ3v) is 3.12. The van der Waals surface area contributed by atoms with Crippen LogP contribution in [-0.2, 0) is 13.0 Å². The third kappa shape index (κ3) is 3.80. The molecular weight excluding hydrogens is 305 g/mol. The number of aromatic nitrogens is 2. The molecule has 1 heterocycles. The van der Waals surface area contributed by atoms with Crippen molar-refractivity contribution in [2.45, 2.75) is 13.0 Å². The van der Waals surface area contributed by atoms with E-state index in [1.54, 1.807) is 0 Å². The lowest BCUT2D eigenvalue weighted by atomic mass is 10.2. The van der Waals surface area contributed by atoms with Crippen LogP contribution in [0.2, 0.25) is 5.02 Å². The zero-order valence-electron chi connectivity index (χ0n) is 8.99. The van der Waals surface area contributed by atoms with Crippen LogP contribution in [0.4, 0.5) is 0 Å². The van der Waals surface area contributed by atoms with Crippen molar-refractivity contribution in [3.63, 3.8) is 0 Å². The highest BCUT2D eigenvalue weighted by atomic mass is 79.9. The molecule has 0 aliphatic rings. The smallest absolute Gasteiger partial charge is 0.213 e. The van der Waals surface area contributed by atoms with Gasteiger partial charge in [0.25, 0.3) is 0 Å². The molecule has 0 aliphatic heterocycles. The highest BCUT2D eigenvalue weighted by Gasteiger charge is 2.02. The lowest BCUT2D eigenvalue weighted by molar-refractivity contribution is 0.409. The van der Waals surface area contributed by atoms with E-state index in [0.717, 1.165) is 34.6 Å². The first-order valence-corrected chi connectivity index (χ1v) is 6.32. The predicted molar refractivity (Wildman–Crippen MR) is 68.9 cm³/mol. The van der Waals surface area contributed by atoms with Gasteiger partial charge in [-0.05, 0) is 23.8 Å². The van der Waals surface area contributed by atoms with E-state index in [1.807, 2.05) is 18.2 Å². The number of benzene rings is 1. The molecule has 90 valence electrons. The molecule has 0 fully saturated rings. The summed E-state index contributed by atoms with van der Waals surface area (Å²) in [5, 5.41) is 7.78. The fraction of sp³-hybridized carbons (Fsp3) is 0.273. The molecule has 0 atom stereocenters. The largest absolute Gasteiger partial charge is 0.343 e. The molecule has 1 aromatic carbocycles. The number of hydrogen-bond acceptors (Lipinski definition) is 4. The van der Waals surface area contributed by atoms with Gasteiger partial charge in [0, 0.05) is 29.0 Å². The Morgan fingerprint density at radius 3 is 3.06 bits per heavy atom. The van der Waals surface area contributed by atoms with Gasteiger partial charge in [0.15, 0.2) is 5.82 Å². The van der Waals surface area contributed by atoms with Gasteiger partial charge >= 0.3 is 0 Å². The van der Waals surface area contributed by atoms with Crippen LogP contribution in [0.5, 0.6) is 0 Å². The second kappa shape index (κ2) is 6.14. The fourth-order valence-electron chi connectivity index (χ4n) is 1.40. The summed E-state index contributed by atoms with van der Waals surface area (Å²) in [5.74, 6) is 0.706. The van der Waals surface area contributed by atoms with Crippen LogP contribution in [0.1, 0.15) is 11.4 Å². The minimum Gasteiger partial charge on any atom is -0.343 e. The van der Waals surface area contributed by atoms with Gasteiger partial charge in [-0.25, -0.2) is 0 Å². The lowest BCUT2D eigenvalue weighted by Gasteiger charge is -2.06. The Hall–Kier alpha value is -0.910. The maximum Gasteiger partial charge on any atom is 0.213 e. The van der Waals surface area contributed by atoms with Crippen molar-refractivity contribution >= 4 is 27.5 Å². The quantitative estimate of drug-likeness (QED) is 0.862. The topological polar surface area (TPSA) is 51.0 Å². The van der Waals surface area contributed by atoms with Crippen LogP contribution in [0.15, 0.2) is 33.6 Å². The van der Waals surface area contributed by atoms with Gasteiger partial charge in [-0.1, -0.05) is 32.7 Å². The molecule has 0 aliphatic carbocycles. The van der Waals surface area contributed by atoms with Gasteiger partial charge in [-0.2, -0.15) is 4.98 Å². The van der Waals surface area contributed by atoms with E-state index in [-0.39, 0.29) is 0 Å². The Labute approximate surface area is 112 Å². The fourth-order valence-corrected chi connectivity index (χ4v) is 2.00. The van der Waals surface area contributed by atoms with Crippen molar-refractivity contribution in [2.24, 2.45) is 0 Å².